The number of methoxy groups -OCH3 is 1. The van der Waals surface area contributed by atoms with E-state index in [0.717, 1.165) is 22.6 Å². The molecule has 162 valence electrons. The summed E-state index contributed by atoms with van der Waals surface area (Å²) < 4.78 is 7.29. The number of nitrogens with zero attached hydrogens (tertiary/aromatic N) is 4. The molecule has 1 N–H and O–H groups in total. The molecular weight excluding hydrogens is 446 g/mol. The molecule has 2 aromatic heterocycles. The maximum absolute atomic E-state index is 12.5. The second-order valence-corrected chi connectivity index (χ2v) is 8.19. The Bertz CT molecular complexity index is 1240. The number of aromatic nitrogens is 4. The zero-order valence-corrected chi connectivity index (χ0v) is 19.0. The Hall–Kier alpha value is -3.36. The second-order valence-electron chi connectivity index (χ2n) is 6.89. The maximum atomic E-state index is 12.5. The molecule has 0 aliphatic rings. The normalized spacial score (nSPS) is 10.7. The van der Waals surface area contributed by atoms with Crippen molar-refractivity contribution in [3.63, 3.8) is 0 Å². The lowest BCUT2D eigenvalue weighted by atomic mass is 10.2. The largest absolute Gasteiger partial charge is 0.497 e. The van der Waals surface area contributed by atoms with E-state index in [1.165, 1.54) is 11.8 Å². The molecule has 2 heterocycles. The molecule has 0 aliphatic heterocycles. The van der Waals surface area contributed by atoms with Gasteiger partial charge in [-0.05, 0) is 43.3 Å². The molecule has 0 radical (unpaired) electrons. The highest BCUT2D eigenvalue weighted by Crippen LogP contribution is 2.30. The fourth-order valence-corrected chi connectivity index (χ4v) is 3.95. The number of benzene rings is 2. The van der Waals surface area contributed by atoms with Gasteiger partial charge in [0.15, 0.2) is 16.1 Å². The molecule has 0 unspecified atom stereocenters. The zero-order chi connectivity index (χ0) is 22.5. The molecule has 4 rings (SSSR count). The van der Waals surface area contributed by atoms with Gasteiger partial charge < -0.3 is 10.1 Å². The number of aryl methyl sites for hydroxylation is 1. The Labute approximate surface area is 194 Å². The van der Waals surface area contributed by atoms with E-state index in [4.69, 9.17) is 16.3 Å². The van der Waals surface area contributed by atoms with Crippen LogP contribution in [0.25, 0.3) is 17.1 Å². The minimum absolute atomic E-state index is 0.132. The van der Waals surface area contributed by atoms with E-state index in [0.29, 0.717) is 16.7 Å². The van der Waals surface area contributed by atoms with Gasteiger partial charge in [0.25, 0.3) is 0 Å². The highest BCUT2D eigenvalue weighted by molar-refractivity contribution is 7.99. The molecule has 0 atom stereocenters. The lowest BCUT2D eigenvalue weighted by Crippen LogP contribution is -2.15. The topological polar surface area (TPSA) is 81.9 Å². The van der Waals surface area contributed by atoms with Gasteiger partial charge >= 0.3 is 0 Å². The molecule has 0 saturated carbocycles. The Balaban J connectivity index is 1.63. The lowest BCUT2D eigenvalue weighted by Gasteiger charge is -2.11. The molecule has 0 saturated heterocycles. The number of pyridine rings is 1. The van der Waals surface area contributed by atoms with Crippen LogP contribution in [0.15, 0.2) is 72.0 Å². The van der Waals surface area contributed by atoms with Crippen molar-refractivity contribution in [1.29, 1.82) is 0 Å². The van der Waals surface area contributed by atoms with Gasteiger partial charge in [-0.1, -0.05) is 53.2 Å². The van der Waals surface area contributed by atoms with Crippen molar-refractivity contribution >= 4 is 35.0 Å². The van der Waals surface area contributed by atoms with Crippen LogP contribution in [0.5, 0.6) is 5.75 Å². The first kappa shape index (κ1) is 21.9. The van der Waals surface area contributed by atoms with Crippen molar-refractivity contribution in [2.24, 2.45) is 0 Å². The Kier molecular flexibility index (Phi) is 6.72. The van der Waals surface area contributed by atoms with Gasteiger partial charge in [-0.3, -0.25) is 9.36 Å². The first-order valence-electron chi connectivity index (χ1n) is 9.75. The first-order valence-corrected chi connectivity index (χ1v) is 11.1. The van der Waals surface area contributed by atoms with Crippen molar-refractivity contribution < 1.29 is 9.53 Å². The summed E-state index contributed by atoms with van der Waals surface area (Å²) in [5.41, 5.74) is 3.37. The average Bonchev–Trinajstić information content (AvgIpc) is 3.24. The summed E-state index contributed by atoms with van der Waals surface area (Å²) in [4.78, 5) is 16.5. The van der Waals surface area contributed by atoms with Crippen LogP contribution in [-0.4, -0.2) is 38.5 Å². The number of halogens is 1. The quantitative estimate of drug-likeness (QED) is 0.304. The van der Waals surface area contributed by atoms with Gasteiger partial charge in [0.05, 0.1) is 18.6 Å². The molecular formula is C23H20ClN5O2S. The van der Waals surface area contributed by atoms with Crippen LogP contribution in [0.2, 0.25) is 5.15 Å². The van der Waals surface area contributed by atoms with Crippen molar-refractivity contribution in [1.82, 2.24) is 19.7 Å². The summed E-state index contributed by atoms with van der Waals surface area (Å²) in [6, 6.07) is 19.1. The van der Waals surface area contributed by atoms with Gasteiger partial charge in [0.1, 0.15) is 5.75 Å². The number of anilines is 1. The number of nitrogens with one attached hydrogen (secondary N) is 1. The number of amides is 1. The van der Waals surface area contributed by atoms with Crippen LogP contribution >= 0.6 is 23.4 Å². The summed E-state index contributed by atoms with van der Waals surface area (Å²) in [5.74, 6) is 1.30. The number of carbonyl (C=O) groups is 1. The van der Waals surface area contributed by atoms with E-state index in [9.17, 15) is 4.79 Å². The first-order chi connectivity index (χ1) is 15.5. The third-order valence-electron chi connectivity index (χ3n) is 4.62. The molecule has 2 aromatic carbocycles. The van der Waals surface area contributed by atoms with Crippen LogP contribution in [0.4, 0.5) is 5.69 Å². The Morgan fingerprint density at radius 2 is 1.94 bits per heavy atom. The number of ether oxygens (including phenoxy) is 1. The zero-order valence-electron chi connectivity index (χ0n) is 17.4. The van der Waals surface area contributed by atoms with Crippen LogP contribution in [-0.2, 0) is 4.79 Å². The smallest absolute Gasteiger partial charge is 0.234 e. The molecule has 4 aromatic rings. The van der Waals surface area contributed by atoms with E-state index in [-0.39, 0.29) is 16.8 Å². The maximum Gasteiger partial charge on any atom is 0.234 e. The lowest BCUT2D eigenvalue weighted by molar-refractivity contribution is -0.113. The average molecular weight is 466 g/mol. The highest BCUT2D eigenvalue weighted by atomic mass is 35.5. The Morgan fingerprint density at radius 3 is 2.69 bits per heavy atom. The highest BCUT2D eigenvalue weighted by Gasteiger charge is 2.18. The summed E-state index contributed by atoms with van der Waals surface area (Å²) in [6.45, 7) is 2.03. The summed E-state index contributed by atoms with van der Waals surface area (Å²) in [5, 5.41) is 12.4. The minimum Gasteiger partial charge on any atom is -0.497 e. The number of hydrogen-bond donors (Lipinski definition) is 1. The third-order valence-corrected chi connectivity index (χ3v) is 5.85. The SMILES string of the molecule is COc1cccc(-c2nnc(SCC(=O)Nc3cccnc3Cl)n2-c2ccc(C)cc2)c1. The van der Waals surface area contributed by atoms with E-state index in [2.05, 4.69) is 20.5 Å². The van der Waals surface area contributed by atoms with E-state index in [1.54, 1.807) is 25.4 Å². The van der Waals surface area contributed by atoms with E-state index < -0.39 is 0 Å². The molecule has 0 fully saturated rings. The fourth-order valence-electron chi connectivity index (χ4n) is 3.03. The molecule has 0 spiro atoms. The molecule has 1 amide bonds. The van der Waals surface area contributed by atoms with Gasteiger partial charge in [-0.25, -0.2) is 4.98 Å². The van der Waals surface area contributed by atoms with E-state index >= 15 is 0 Å². The predicted octanol–water partition coefficient (Wildman–Crippen LogP) is 5.03. The van der Waals surface area contributed by atoms with Crippen molar-refractivity contribution in [2.75, 3.05) is 18.2 Å². The predicted molar refractivity (Wildman–Crippen MR) is 127 cm³/mol. The Morgan fingerprint density at radius 1 is 1.12 bits per heavy atom. The van der Waals surface area contributed by atoms with Gasteiger partial charge in [-0.2, -0.15) is 0 Å². The third kappa shape index (κ3) is 4.92. The second kappa shape index (κ2) is 9.84. The van der Waals surface area contributed by atoms with Crippen LogP contribution in [0.1, 0.15) is 5.56 Å². The molecule has 0 aliphatic carbocycles. The molecule has 0 bridgehead atoms. The van der Waals surface area contributed by atoms with Crippen LogP contribution < -0.4 is 10.1 Å². The van der Waals surface area contributed by atoms with E-state index in [1.807, 2.05) is 60.0 Å². The van der Waals surface area contributed by atoms with Crippen molar-refractivity contribution in [3.05, 3.63) is 77.6 Å². The fraction of sp³-hybridized carbons (Fsp3) is 0.130. The number of hydrogen-bond acceptors (Lipinski definition) is 6. The summed E-state index contributed by atoms with van der Waals surface area (Å²) >= 11 is 7.32. The van der Waals surface area contributed by atoms with Gasteiger partial charge in [0.2, 0.25) is 5.91 Å². The number of rotatable bonds is 7. The minimum atomic E-state index is -0.216. The summed E-state index contributed by atoms with van der Waals surface area (Å²) in [6.07, 6.45) is 1.57. The monoisotopic (exact) mass is 465 g/mol. The van der Waals surface area contributed by atoms with Gasteiger partial charge in [0, 0.05) is 17.4 Å². The molecule has 7 nitrogen and oxygen atoms in total. The van der Waals surface area contributed by atoms with Crippen LogP contribution in [0, 0.1) is 6.92 Å². The summed E-state index contributed by atoms with van der Waals surface area (Å²) in [7, 11) is 1.62. The molecule has 9 heteroatoms. The standard InChI is InChI=1S/C23H20ClN5O2S/c1-15-8-10-17(11-9-15)29-22(16-5-3-6-18(13-16)31-2)27-28-23(29)32-14-20(30)26-19-7-4-12-25-21(19)24/h3-13H,14H2,1-2H3,(H,26,30). The number of thioether (sulfide) groups is 1. The van der Waals surface area contributed by atoms with Crippen molar-refractivity contribution in [3.8, 4) is 22.8 Å². The van der Waals surface area contributed by atoms with Crippen molar-refractivity contribution in [2.45, 2.75) is 12.1 Å². The van der Waals surface area contributed by atoms with Crippen LogP contribution in [0.3, 0.4) is 0 Å². The molecule has 32 heavy (non-hydrogen) atoms. The number of carbonyl (C=O) groups excluding carboxylic acids is 1. The van der Waals surface area contributed by atoms with Gasteiger partial charge in [-0.15, -0.1) is 10.2 Å².